The van der Waals surface area contributed by atoms with Gasteiger partial charge in [-0.1, -0.05) is 29.8 Å². The second kappa shape index (κ2) is 12.7. The van der Waals surface area contributed by atoms with Crippen LogP contribution in [0.5, 0.6) is 0 Å². The first kappa shape index (κ1) is 30.9. The second-order valence-corrected chi connectivity index (χ2v) is 9.80. The van der Waals surface area contributed by atoms with Crippen molar-refractivity contribution < 1.29 is 34.5 Å². The highest BCUT2D eigenvalue weighted by atomic mass is 35.5. The molecule has 0 aliphatic rings. The minimum atomic E-state index is -4.27. The van der Waals surface area contributed by atoms with E-state index in [1.807, 2.05) is 52.0 Å². The van der Waals surface area contributed by atoms with Crippen molar-refractivity contribution in [3.8, 4) is 0 Å². The summed E-state index contributed by atoms with van der Waals surface area (Å²) < 4.78 is 36.6. The largest absolute Gasteiger partial charge is 1.00 e. The summed E-state index contributed by atoms with van der Waals surface area (Å²) in [5, 5.41) is 0. The number of hydrogen-bond acceptors (Lipinski definition) is 5. The summed E-state index contributed by atoms with van der Waals surface area (Å²) in [5.74, 6) is 0. The van der Waals surface area contributed by atoms with Gasteiger partial charge in [0.2, 0.25) is 5.52 Å². The van der Waals surface area contributed by atoms with Gasteiger partial charge in [-0.25, -0.2) is 13.4 Å². The Morgan fingerprint density at radius 3 is 2.00 bits per heavy atom. The highest BCUT2D eigenvalue weighted by Crippen LogP contribution is 2.09. The Hall–Kier alpha value is -3.14. The molecule has 0 saturated heterocycles. The van der Waals surface area contributed by atoms with E-state index in [4.69, 9.17) is 0 Å². The molecule has 0 amide bonds. The summed E-state index contributed by atoms with van der Waals surface area (Å²) in [7, 11) is 1.36. The molecule has 0 aliphatic heterocycles. The zero-order chi connectivity index (χ0) is 26.5. The average molecular weight is 533 g/mol. The van der Waals surface area contributed by atoms with Crippen molar-refractivity contribution >= 4 is 21.2 Å². The molecule has 4 rings (SSSR count). The number of nitrogens with zero attached hydrogens (tertiary/aromatic N) is 4. The summed E-state index contributed by atoms with van der Waals surface area (Å²) in [5.41, 5.74) is 7.51. The molecule has 0 aliphatic carbocycles. The first-order valence-electron chi connectivity index (χ1n) is 11.0. The lowest BCUT2D eigenvalue weighted by Gasteiger charge is -2.05. The predicted octanol–water partition coefficient (Wildman–Crippen LogP) is -0.594. The van der Waals surface area contributed by atoms with E-state index in [0.717, 1.165) is 28.2 Å². The van der Waals surface area contributed by atoms with Gasteiger partial charge in [0.1, 0.15) is 39.8 Å². The van der Waals surface area contributed by atoms with Crippen LogP contribution in [0.3, 0.4) is 0 Å². The minimum Gasteiger partial charge on any atom is -1.00 e. The fourth-order valence-electron chi connectivity index (χ4n) is 3.25. The van der Waals surface area contributed by atoms with Crippen LogP contribution in [0.25, 0.3) is 11.0 Å². The molecule has 0 atom stereocenters. The molecule has 0 saturated carbocycles. The van der Waals surface area contributed by atoms with Crippen LogP contribution in [-0.2, 0) is 31.3 Å². The molecule has 2 aromatic heterocycles. The molecule has 2 heterocycles. The number of aryl methyl sites for hydroxylation is 5. The molecule has 194 valence electrons. The van der Waals surface area contributed by atoms with Crippen molar-refractivity contribution in [1.29, 1.82) is 0 Å². The average Bonchev–Trinajstić information content (AvgIpc) is 2.80. The topological polar surface area (TPSA) is 99.8 Å². The van der Waals surface area contributed by atoms with Crippen molar-refractivity contribution in [3.05, 3.63) is 93.4 Å². The summed E-state index contributed by atoms with van der Waals surface area (Å²) in [4.78, 5) is 15.7. The van der Waals surface area contributed by atoms with Gasteiger partial charge in [0.25, 0.3) is 0 Å². The molecule has 0 unspecified atom stereocenters. The Bertz CT molecular complexity index is 1490. The normalized spacial score (nSPS) is 10.5. The Kier molecular flexibility index (Phi) is 10.9. The molecule has 0 fully saturated rings. The lowest BCUT2D eigenvalue weighted by atomic mass is 10.2. The molecule has 0 radical (unpaired) electrons. The van der Waals surface area contributed by atoms with Crippen LogP contribution >= 0.6 is 0 Å². The first-order chi connectivity index (χ1) is 16.2. The predicted molar refractivity (Wildman–Crippen MR) is 134 cm³/mol. The van der Waals surface area contributed by atoms with Gasteiger partial charge in [-0.2, -0.15) is 18.5 Å². The molecule has 36 heavy (non-hydrogen) atoms. The van der Waals surface area contributed by atoms with E-state index in [9.17, 15) is 17.8 Å². The van der Waals surface area contributed by atoms with E-state index in [1.54, 1.807) is 35.4 Å². The molecule has 2 aromatic carbocycles. The van der Waals surface area contributed by atoms with Crippen molar-refractivity contribution in [1.82, 2.24) is 9.55 Å². The van der Waals surface area contributed by atoms with Gasteiger partial charge < -0.3 is 17.0 Å². The zero-order valence-electron chi connectivity index (χ0n) is 21.9. The molecule has 10 heteroatoms. The quantitative estimate of drug-likeness (QED) is 0.241. The molecular weight excluding hydrogens is 500 g/mol. The SMILES string of the molecule is Cc1cc(C)[n+](C)c(=O)n1C.Cc1ccc(S(=O)(=O)[O-])cc1.Cc1nc2ccccc2[n+](C)c1C.[Cl-]. The van der Waals surface area contributed by atoms with Crippen molar-refractivity contribution in [2.75, 3.05) is 0 Å². The number of para-hydroxylation sites is 2. The third-order valence-corrected chi connectivity index (χ3v) is 6.77. The molecule has 0 bridgehead atoms. The molecule has 4 aromatic rings. The van der Waals surface area contributed by atoms with Gasteiger partial charge >= 0.3 is 5.69 Å². The van der Waals surface area contributed by atoms with Gasteiger partial charge in [0, 0.05) is 19.1 Å². The number of hydrogen-bond donors (Lipinski definition) is 0. The van der Waals surface area contributed by atoms with Crippen LogP contribution in [0.15, 0.2) is 64.3 Å². The van der Waals surface area contributed by atoms with Gasteiger partial charge in [-0.3, -0.25) is 0 Å². The number of benzene rings is 2. The van der Waals surface area contributed by atoms with Crippen LogP contribution < -0.4 is 27.2 Å². The Balaban J connectivity index is 0.000000268. The molecular formula is C26H33ClN4O4S. The Morgan fingerprint density at radius 2 is 1.44 bits per heavy atom. The zero-order valence-corrected chi connectivity index (χ0v) is 23.5. The van der Waals surface area contributed by atoms with Crippen LogP contribution in [0.4, 0.5) is 0 Å². The van der Waals surface area contributed by atoms with E-state index in [-0.39, 0.29) is 23.0 Å². The first-order valence-corrected chi connectivity index (χ1v) is 12.4. The lowest BCUT2D eigenvalue weighted by molar-refractivity contribution is -0.696. The summed E-state index contributed by atoms with van der Waals surface area (Å²) >= 11 is 0. The maximum absolute atomic E-state index is 11.3. The Morgan fingerprint density at radius 1 is 0.889 bits per heavy atom. The maximum Gasteiger partial charge on any atom is 0.497 e. The molecule has 0 N–H and O–H groups in total. The summed E-state index contributed by atoms with van der Waals surface area (Å²) in [6.07, 6.45) is 0. The van der Waals surface area contributed by atoms with E-state index in [2.05, 4.69) is 29.6 Å². The molecule has 8 nitrogen and oxygen atoms in total. The van der Waals surface area contributed by atoms with Gasteiger partial charge in [-0.05, 0) is 45.9 Å². The smallest absolute Gasteiger partial charge is 0.497 e. The summed E-state index contributed by atoms with van der Waals surface area (Å²) in [6.45, 7) is 9.81. The Labute approximate surface area is 219 Å². The number of rotatable bonds is 1. The maximum atomic E-state index is 11.3. The lowest BCUT2D eigenvalue weighted by Crippen LogP contribution is -3.00. The number of halogens is 1. The van der Waals surface area contributed by atoms with Crippen LogP contribution in [-0.4, -0.2) is 22.5 Å². The van der Waals surface area contributed by atoms with E-state index in [0.29, 0.717) is 0 Å². The van der Waals surface area contributed by atoms with Crippen LogP contribution in [0.2, 0.25) is 0 Å². The number of aromatic nitrogens is 4. The fourth-order valence-corrected chi connectivity index (χ4v) is 3.72. The van der Waals surface area contributed by atoms with E-state index in [1.165, 1.54) is 23.3 Å². The highest BCUT2D eigenvalue weighted by molar-refractivity contribution is 7.85. The fraction of sp³-hybridized carbons (Fsp3) is 0.308. The third kappa shape index (κ3) is 7.68. The van der Waals surface area contributed by atoms with Gasteiger partial charge in [0.05, 0.1) is 19.0 Å². The molecule has 0 spiro atoms. The van der Waals surface area contributed by atoms with E-state index >= 15 is 0 Å². The van der Waals surface area contributed by atoms with Crippen molar-refractivity contribution in [2.45, 2.75) is 39.5 Å². The monoisotopic (exact) mass is 532 g/mol. The van der Waals surface area contributed by atoms with Crippen molar-refractivity contribution in [3.63, 3.8) is 0 Å². The van der Waals surface area contributed by atoms with Gasteiger partial charge in [-0.15, -0.1) is 0 Å². The second-order valence-electron chi connectivity index (χ2n) is 8.43. The standard InChI is InChI=1S/C11H13N2.C8H13N2O.C7H8O3S.ClH/c1-8-9(2)13(3)11-7-5-4-6-10(11)12-8;1-6-5-7(2)10(4)8(11)9(6)3;1-6-2-4-7(5-3-6)11(8,9)10;/h4-7H,1-3H3;5H,1-4H3;2-5H,1H3,(H,8,9,10);1H/q2*+1;;/p-2. The van der Waals surface area contributed by atoms with Crippen molar-refractivity contribution in [2.24, 2.45) is 21.1 Å². The van der Waals surface area contributed by atoms with Crippen LogP contribution in [0, 0.1) is 34.6 Å². The highest BCUT2D eigenvalue weighted by Gasteiger charge is 2.11. The number of fused-ring (bicyclic) bond motifs is 1. The summed E-state index contributed by atoms with van der Waals surface area (Å²) in [6, 6.07) is 16.0. The third-order valence-electron chi connectivity index (χ3n) is 5.92. The van der Waals surface area contributed by atoms with Crippen LogP contribution in [0.1, 0.15) is 28.3 Å². The minimum absolute atomic E-state index is 0. The van der Waals surface area contributed by atoms with Gasteiger partial charge in [0.15, 0.2) is 5.69 Å². The van der Waals surface area contributed by atoms with E-state index < -0.39 is 10.1 Å².